The molecule has 1 fully saturated rings. The molecule has 0 unspecified atom stereocenters. The van der Waals surface area contributed by atoms with Crippen LogP contribution in [-0.2, 0) is 14.4 Å². The van der Waals surface area contributed by atoms with Gasteiger partial charge in [-0.25, -0.2) is 0 Å². The molecule has 3 rings (SSSR count). The summed E-state index contributed by atoms with van der Waals surface area (Å²) in [6, 6.07) is 13.7. The molecular formula is C25H31N3O3. The summed E-state index contributed by atoms with van der Waals surface area (Å²) in [5.74, 6) is -0.883. The molecule has 2 aromatic rings. The SMILES string of the molecule is Cc1cc(C)c(NC(=O)CN(C)C(=O)[C@@H]2CC(=O)N([C@@H](C)c3ccccc3)C2)c(C)c1. The zero-order chi connectivity index (χ0) is 22.7. The molecule has 0 spiro atoms. The van der Waals surface area contributed by atoms with Crippen LogP contribution < -0.4 is 5.32 Å². The summed E-state index contributed by atoms with van der Waals surface area (Å²) < 4.78 is 0. The van der Waals surface area contributed by atoms with Gasteiger partial charge in [0, 0.05) is 25.7 Å². The lowest BCUT2D eigenvalue weighted by Gasteiger charge is -2.26. The van der Waals surface area contributed by atoms with E-state index in [4.69, 9.17) is 0 Å². The molecule has 0 aliphatic carbocycles. The topological polar surface area (TPSA) is 69.7 Å². The van der Waals surface area contributed by atoms with Crippen LogP contribution in [0.1, 0.15) is 41.6 Å². The smallest absolute Gasteiger partial charge is 0.243 e. The van der Waals surface area contributed by atoms with E-state index in [9.17, 15) is 14.4 Å². The van der Waals surface area contributed by atoms with Gasteiger partial charge < -0.3 is 15.1 Å². The number of amides is 3. The lowest BCUT2D eigenvalue weighted by Crippen LogP contribution is -2.39. The predicted octanol–water partition coefficient (Wildman–Crippen LogP) is 3.62. The summed E-state index contributed by atoms with van der Waals surface area (Å²) in [5, 5.41) is 2.93. The highest BCUT2D eigenvalue weighted by Crippen LogP contribution is 2.29. The average Bonchev–Trinajstić information content (AvgIpc) is 3.11. The molecule has 0 saturated carbocycles. The van der Waals surface area contributed by atoms with Gasteiger partial charge in [0.1, 0.15) is 0 Å². The first-order valence-electron chi connectivity index (χ1n) is 10.6. The Morgan fingerprint density at radius 2 is 1.74 bits per heavy atom. The van der Waals surface area contributed by atoms with E-state index in [0.717, 1.165) is 27.9 Å². The summed E-state index contributed by atoms with van der Waals surface area (Å²) in [4.78, 5) is 41.2. The van der Waals surface area contributed by atoms with Crippen LogP contribution in [0.3, 0.4) is 0 Å². The molecule has 0 radical (unpaired) electrons. The first-order valence-corrected chi connectivity index (χ1v) is 10.6. The van der Waals surface area contributed by atoms with Crippen molar-refractivity contribution < 1.29 is 14.4 Å². The van der Waals surface area contributed by atoms with Gasteiger partial charge >= 0.3 is 0 Å². The molecule has 6 heteroatoms. The number of nitrogens with one attached hydrogen (secondary N) is 1. The van der Waals surface area contributed by atoms with E-state index < -0.39 is 5.92 Å². The van der Waals surface area contributed by atoms with Crippen LogP contribution >= 0.6 is 0 Å². The summed E-state index contributed by atoms with van der Waals surface area (Å²) in [6.45, 7) is 8.22. The largest absolute Gasteiger partial charge is 0.336 e. The van der Waals surface area contributed by atoms with Crippen LogP contribution in [0, 0.1) is 26.7 Å². The van der Waals surface area contributed by atoms with Crippen molar-refractivity contribution in [1.29, 1.82) is 0 Å². The number of rotatable bonds is 6. The second-order valence-corrected chi connectivity index (χ2v) is 8.55. The number of likely N-dealkylation sites (N-methyl/N-ethyl adjacent to an activating group) is 1. The molecule has 6 nitrogen and oxygen atoms in total. The zero-order valence-electron chi connectivity index (χ0n) is 18.9. The van der Waals surface area contributed by atoms with Gasteiger partial charge in [0.25, 0.3) is 0 Å². The Bertz CT molecular complexity index is 964. The van der Waals surface area contributed by atoms with Crippen molar-refractivity contribution in [1.82, 2.24) is 9.80 Å². The number of carbonyl (C=O) groups excluding carboxylic acids is 3. The van der Waals surface area contributed by atoms with Crippen LogP contribution in [0.25, 0.3) is 0 Å². The van der Waals surface area contributed by atoms with Crippen molar-refractivity contribution in [3.05, 3.63) is 64.7 Å². The van der Waals surface area contributed by atoms with E-state index in [2.05, 4.69) is 5.32 Å². The fraction of sp³-hybridized carbons (Fsp3) is 0.400. The zero-order valence-corrected chi connectivity index (χ0v) is 18.9. The van der Waals surface area contributed by atoms with Gasteiger partial charge in [0.2, 0.25) is 17.7 Å². The fourth-order valence-electron chi connectivity index (χ4n) is 4.34. The first kappa shape index (κ1) is 22.5. The van der Waals surface area contributed by atoms with E-state index in [1.807, 2.05) is 70.2 Å². The second kappa shape index (κ2) is 9.33. The number of anilines is 1. The van der Waals surface area contributed by atoms with Crippen molar-refractivity contribution in [2.45, 2.75) is 40.2 Å². The van der Waals surface area contributed by atoms with Crippen LogP contribution in [0.2, 0.25) is 0 Å². The Hall–Kier alpha value is -3.15. The Morgan fingerprint density at radius 3 is 2.35 bits per heavy atom. The van der Waals surface area contributed by atoms with Crippen molar-refractivity contribution in [3.8, 4) is 0 Å². The van der Waals surface area contributed by atoms with Crippen LogP contribution in [0.5, 0.6) is 0 Å². The van der Waals surface area contributed by atoms with E-state index >= 15 is 0 Å². The summed E-state index contributed by atoms with van der Waals surface area (Å²) in [6.07, 6.45) is 0.179. The summed E-state index contributed by atoms with van der Waals surface area (Å²) in [5.41, 5.74) is 4.95. The normalized spacial score (nSPS) is 16.9. The van der Waals surface area contributed by atoms with Gasteiger partial charge in [-0.1, -0.05) is 48.0 Å². The van der Waals surface area contributed by atoms with Crippen LogP contribution in [0.4, 0.5) is 5.69 Å². The first-order chi connectivity index (χ1) is 14.7. The highest BCUT2D eigenvalue weighted by Gasteiger charge is 2.38. The third kappa shape index (κ3) is 5.13. The second-order valence-electron chi connectivity index (χ2n) is 8.55. The predicted molar refractivity (Wildman–Crippen MR) is 122 cm³/mol. The van der Waals surface area contributed by atoms with Crippen LogP contribution in [-0.4, -0.2) is 47.7 Å². The van der Waals surface area contributed by atoms with E-state index in [-0.39, 0.29) is 36.7 Å². The molecule has 2 aromatic carbocycles. The third-order valence-electron chi connectivity index (χ3n) is 5.96. The minimum atomic E-state index is -0.431. The molecule has 1 saturated heterocycles. The minimum absolute atomic E-state index is 0.0292. The molecule has 2 atom stereocenters. The molecule has 1 N–H and O–H groups in total. The molecule has 0 bridgehead atoms. The number of aryl methyl sites for hydroxylation is 3. The highest BCUT2D eigenvalue weighted by molar-refractivity contribution is 5.97. The molecular weight excluding hydrogens is 390 g/mol. The molecule has 3 amide bonds. The maximum Gasteiger partial charge on any atom is 0.243 e. The lowest BCUT2D eigenvalue weighted by atomic mass is 10.0. The summed E-state index contributed by atoms with van der Waals surface area (Å²) in [7, 11) is 1.62. The quantitative estimate of drug-likeness (QED) is 0.775. The molecule has 1 aliphatic rings. The fourth-order valence-corrected chi connectivity index (χ4v) is 4.34. The molecule has 1 heterocycles. The molecule has 1 aliphatic heterocycles. The van der Waals surface area contributed by atoms with Crippen molar-refractivity contribution in [2.24, 2.45) is 5.92 Å². The number of nitrogens with zero attached hydrogens (tertiary/aromatic N) is 2. The van der Waals surface area contributed by atoms with Gasteiger partial charge in [0.05, 0.1) is 18.5 Å². The van der Waals surface area contributed by atoms with Crippen molar-refractivity contribution >= 4 is 23.4 Å². The Kier molecular flexibility index (Phi) is 6.78. The number of benzene rings is 2. The van der Waals surface area contributed by atoms with Gasteiger partial charge in [-0.2, -0.15) is 0 Å². The van der Waals surface area contributed by atoms with Crippen molar-refractivity contribution in [2.75, 3.05) is 25.5 Å². The Labute approximate surface area is 184 Å². The van der Waals surface area contributed by atoms with E-state index in [0.29, 0.717) is 6.54 Å². The average molecular weight is 422 g/mol. The maximum atomic E-state index is 12.9. The van der Waals surface area contributed by atoms with Gasteiger partial charge in [-0.3, -0.25) is 14.4 Å². The maximum absolute atomic E-state index is 12.9. The van der Waals surface area contributed by atoms with Gasteiger partial charge in [0.15, 0.2) is 0 Å². The molecule has 31 heavy (non-hydrogen) atoms. The Morgan fingerprint density at radius 1 is 1.13 bits per heavy atom. The standard InChI is InChI=1S/C25H31N3O3/c1-16-11-17(2)24(18(3)12-16)26-22(29)15-27(5)25(31)21-13-23(30)28(14-21)19(4)20-9-7-6-8-10-20/h6-12,19,21H,13-15H2,1-5H3,(H,26,29)/t19-,21+/m0/s1. The monoisotopic (exact) mass is 421 g/mol. The van der Waals surface area contributed by atoms with E-state index in [1.165, 1.54) is 4.90 Å². The minimum Gasteiger partial charge on any atom is -0.336 e. The third-order valence-corrected chi connectivity index (χ3v) is 5.96. The lowest BCUT2D eigenvalue weighted by molar-refractivity contribution is -0.137. The number of carbonyl (C=O) groups is 3. The van der Waals surface area contributed by atoms with Crippen molar-refractivity contribution in [3.63, 3.8) is 0 Å². The van der Waals surface area contributed by atoms with Gasteiger partial charge in [-0.05, 0) is 44.4 Å². The molecule has 0 aromatic heterocycles. The van der Waals surface area contributed by atoms with Gasteiger partial charge in [-0.15, -0.1) is 0 Å². The molecule has 164 valence electrons. The van der Waals surface area contributed by atoms with Crippen LogP contribution in [0.15, 0.2) is 42.5 Å². The number of hydrogen-bond acceptors (Lipinski definition) is 3. The summed E-state index contributed by atoms with van der Waals surface area (Å²) >= 11 is 0. The number of likely N-dealkylation sites (tertiary alicyclic amines) is 1. The number of hydrogen-bond donors (Lipinski definition) is 1. The van der Waals surface area contributed by atoms with E-state index in [1.54, 1.807) is 11.9 Å². The Balaban J connectivity index is 1.60. The highest BCUT2D eigenvalue weighted by atomic mass is 16.2.